The SMILES string of the molecule is CC(C)NCC(=O)NC(=O)NC(C)C. The minimum absolute atomic E-state index is 0.0286. The molecule has 0 radical (unpaired) electrons. The fraction of sp³-hybridized carbons (Fsp3) is 0.778. The molecule has 0 rings (SSSR count). The van der Waals surface area contributed by atoms with E-state index in [1.54, 1.807) is 0 Å². The van der Waals surface area contributed by atoms with Crippen LogP contribution in [-0.2, 0) is 4.79 Å². The average Bonchev–Trinajstić information content (AvgIpc) is 1.98. The standard InChI is InChI=1S/C9H19N3O2/c1-6(2)10-5-8(13)12-9(14)11-7(3)4/h6-7,10H,5H2,1-4H3,(H2,11,12,13,14). The van der Waals surface area contributed by atoms with E-state index < -0.39 is 6.03 Å². The highest BCUT2D eigenvalue weighted by molar-refractivity contribution is 5.95. The van der Waals surface area contributed by atoms with E-state index in [1.807, 2.05) is 27.7 Å². The van der Waals surface area contributed by atoms with Crippen molar-refractivity contribution in [1.29, 1.82) is 0 Å². The second kappa shape index (κ2) is 6.37. The Kier molecular flexibility index (Phi) is 5.87. The summed E-state index contributed by atoms with van der Waals surface area (Å²) in [6.45, 7) is 7.68. The van der Waals surface area contributed by atoms with Crippen molar-refractivity contribution in [3.63, 3.8) is 0 Å². The zero-order valence-electron chi connectivity index (χ0n) is 9.18. The molecule has 0 aliphatic carbocycles. The third kappa shape index (κ3) is 7.54. The molecule has 0 atom stereocenters. The predicted octanol–water partition coefficient (Wildman–Crippen LogP) is 0.219. The fourth-order valence-electron chi connectivity index (χ4n) is 0.766. The van der Waals surface area contributed by atoms with Crippen molar-refractivity contribution in [3.8, 4) is 0 Å². The molecule has 14 heavy (non-hydrogen) atoms. The van der Waals surface area contributed by atoms with Gasteiger partial charge >= 0.3 is 6.03 Å². The average molecular weight is 201 g/mol. The van der Waals surface area contributed by atoms with E-state index in [0.29, 0.717) is 0 Å². The number of hydrogen-bond donors (Lipinski definition) is 3. The Morgan fingerprint density at radius 3 is 2.07 bits per heavy atom. The van der Waals surface area contributed by atoms with E-state index in [-0.39, 0.29) is 24.5 Å². The molecule has 5 heteroatoms. The lowest BCUT2D eigenvalue weighted by atomic mass is 10.4. The van der Waals surface area contributed by atoms with Gasteiger partial charge in [0.2, 0.25) is 5.91 Å². The van der Waals surface area contributed by atoms with Gasteiger partial charge in [-0.15, -0.1) is 0 Å². The van der Waals surface area contributed by atoms with Crippen molar-refractivity contribution in [1.82, 2.24) is 16.0 Å². The molecule has 0 aliphatic rings. The first-order chi connectivity index (χ1) is 6.41. The molecule has 0 saturated heterocycles. The van der Waals surface area contributed by atoms with Gasteiger partial charge in [0.05, 0.1) is 6.54 Å². The number of imide groups is 1. The number of urea groups is 1. The smallest absolute Gasteiger partial charge is 0.321 e. The van der Waals surface area contributed by atoms with Gasteiger partial charge in [-0.05, 0) is 13.8 Å². The maximum atomic E-state index is 11.1. The van der Waals surface area contributed by atoms with E-state index in [4.69, 9.17) is 0 Å². The van der Waals surface area contributed by atoms with Gasteiger partial charge < -0.3 is 10.6 Å². The molecular weight excluding hydrogens is 182 g/mol. The van der Waals surface area contributed by atoms with E-state index in [1.165, 1.54) is 0 Å². The Morgan fingerprint density at radius 1 is 1.07 bits per heavy atom. The third-order valence-electron chi connectivity index (χ3n) is 1.34. The quantitative estimate of drug-likeness (QED) is 0.609. The Morgan fingerprint density at radius 2 is 1.64 bits per heavy atom. The normalized spacial score (nSPS) is 10.4. The lowest BCUT2D eigenvalue weighted by Gasteiger charge is -2.10. The number of carbonyl (C=O) groups is 2. The summed E-state index contributed by atoms with van der Waals surface area (Å²) in [5, 5.41) is 7.69. The summed E-state index contributed by atoms with van der Waals surface area (Å²) in [5.74, 6) is -0.322. The van der Waals surface area contributed by atoms with Crippen LogP contribution >= 0.6 is 0 Å². The summed E-state index contributed by atoms with van der Waals surface area (Å²) in [7, 11) is 0. The van der Waals surface area contributed by atoms with Gasteiger partial charge in [-0.25, -0.2) is 4.79 Å². The molecule has 0 aromatic carbocycles. The van der Waals surface area contributed by atoms with Gasteiger partial charge in [0.15, 0.2) is 0 Å². The molecule has 3 amide bonds. The van der Waals surface area contributed by atoms with Crippen LogP contribution in [0.15, 0.2) is 0 Å². The third-order valence-corrected chi connectivity index (χ3v) is 1.34. The molecule has 0 aromatic rings. The second-order valence-electron chi connectivity index (χ2n) is 3.71. The first-order valence-electron chi connectivity index (χ1n) is 4.75. The highest BCUT2D eigenvalue weighted by Gasteiger charge is 2.07. The first kappa shape index (κ1) is 12.9. The van der Waals surface area contributed by atoms with Gasteiger partial charge in [0.25, 0.3) is 0 Å². The fourth-order valence-corrected chi connectivity index (χ4v) is 0.766. The molecule has 0 saturated carbocycles. The number of hydrogen-bond acceptors (Lipinski definition) is 3. The Labute approximate surface area is 84.6 Å². The van der Waals surface area contributed by atoms with E-state index in [9.17, 15) is 9.59 Å². The molecule has 82 valence electrons. The lowest BCUT2D eigenvalue weighted by Crippen LogP contribution is -2.46. The number of rotatable bonds is 4. The molecule has 0 unspecified atom stereocenters. The Bertz CT molecular complexity index is 202. The molecule has 3 N–H and O–H groups in total. The van der Waals surface area contributed by atoms with Crippen LogP contribution < -0.4 is 16.0 Å². The summed E-state index contributed by atoms with van der Waals surface area (Å²) in [5.41, 5.74) is 0. The van der Waals surface area contributed by atoms with Crippen LogP contribution in [0.3, 0.4) is 0 Å². The Balaban J connectivity index is 3.66. The summed E-state index contributed by atoms with van der Waals surface area (Å²) < 4.78 is 0. The highest BCUT2D eigenvalue weighted by Crippen LogP contribution is 1.78. The van der Waals surface area contributed by atoms with Gasteiger partial charge in [-0.2, -0.15) is 0 Å². The molecule has 0 spiro atoms. The zero-order chi connectivity index (χ0) is 11.1. The highest BCUT2D eigenvalue weighted by atomic mass is 16.2. The number of nitrogens with one attached hydrogen (secondary N) is 3. The largest absolute Gasteiger partial charge is 0.336 e. The van der Waals surface area contributed by atoms with Crippen LogP contribution in [0.25, 0.3) is 0 Å². The van der Waals surface area contributed by atoms with Gasteiger partial charge in [-0.1, -0.05) is 13.8 Å². The monoisotopic (exact) mass is 201 g/mol. The minimum atomic E-state index is -0.449. The summed E-state index contributed by atoms with van der Waals surface area (Å²) in [6.07, 6.45) is 0. The lowest BCUT2D eigenvalue weighted by molar-refractivity contribution is -0.119. The van der Waals surface area contributed by atoms with Crippen LogP contribution in [0.2, 0.25) is 0 Å². The molecule has 0 fully saturated rings. The maximum absolute atomic E-state index is 11.1. The molecular formula is C9H19N3O2. The first-order valence-corrected chi connectivity index (χ1v) is 4.75. The second-order valence-corrected chi connectivity index (χ2v) is 3.71. The predicted molar refractivity (Wildman–Crippen MR) is 54.9 cm³/mol. The van der Waals surface area contributed by atoms with E-state index in [2.05, 4.69) is 16.0 Å². The van der Waals surface area contributed by atoms with E-state index in [0.717, 1.165) is 0 Å². The summed E-state index contributed by atoms with van der Waals surface area (Å²) in [6, 6.07) is -0.190. The zero-order valence-corrected chi connectivity index (χ0v) is 9.18. The maximum Gasteiger partial charge on any atom is 0.321 e. The Hall–Kier alpha value is -1.10. The van der Waals surface area contributed by atoms with Crippen LogP contribution in [-0.4, -0.2) is 30.6 Å². The topological polar surface area (TPSA) is 70.2 Å². The molecule has 0 heterocycles. The number of carbonyl (C=O) groups excluding carboxylic acids is 2. The molecule has 0 aliphatic heterocycles. The van der Waals surface area contributed by atoms with Gasteiger partial charge in [-0.3, -0.25) is 10.1 Å². The molecule has 0 aromatic heterocycles. The van der Waals surface area contributed by atoms with Gasteiger partial charge in [0, 0.05) is 12.1 Å². The van der Waals surface area contributed by atoms with Crippen molar-refractivity contribution in [3.05, 3.63) is 0 Å². The minimum Gasteiger partial charge on any atom is -0.336 e. The van der Waals surface area contributed by atoms with Crippen molar-refractivity contribution in [2.75, 3.05) is 6.54 Å². The van der Waals surface area contributed by atoms with Crippen molar-refractivity contribution in [2.24, 2.45) is 0 Å². The van der Waals surface area contributed by atoms with Crippen LogP contribution in [0.5, 0.6) is 0 Å². The van der Waals surface area contributed by atoms with Gasteiger partial charge in [0.1, 0.15) is 0 Å². The van der Waals surface area contributed by atoms with Crippen LogP contribution in [0.1, 0.15) is 27.7 Å². The number of amides is 3. The summed E-state index contributed by atoms with van der Waals surface area (Å²) in [4.78, 5) is 22.1. The van der Waals surface area contributed by atoms with Crippen LogP contribution in [0.4, 0.5) is 4.79 Å². The van der Waals surface area contributed by atoms with Crippen molar-refractivity contribution >= 4 is 11.9 Å². The molecule has 0 bridgehead atoms. The van der Waals surface area contributed by atoms with Crippen molar-refractivity contribution in [2.45, 2.75) is 39.8 Å². The van der Waals surface area contributed by atoms with E-state index >= 15 is 0 Å². The molecule has 5 nitrogen and oxygen atoms in total. The summed E-state index contributed by atoms with van der Waals surface area (Å²) >= 11 is 0. The van der Waals surface area contributed by atoms with Crippen molar-refractivity contribution < 1.29 is 9.59 Å². The van der Waals surface area contributed by atoms with Crippen LogP contribution in [0, 0.1) is 0 Å².